The average Bonchev–Trinajstić information content (AvgIpc) is 2.57. The van der Waals surface area contributed by atoms with Crippen molar-refractivity contribution in [1.29, 1.82) is 0 Å². The van der Waals surface area contributed by atoms with Gasteiger partial charge >= 0.3 is 0 Å². The van der Waals surface area contributed by atoms with Crippen LogP contribution in [0.15, 0.2) is 71.3 Å². The molecule has 1 heterocycles. The van der Waals surface area contributed by atoms with Gasteiger partial charge in [-0.1, -0.05) is 39.7 Å². The Morgan fingerprint density at radius 3 is 2.46 bits per heavy atom. The van der Waals surface area contributed by atoms with Gasteiger partial charge in [0.25, 0.3) is 5.91 Å². The van der Waals surface area contributed by atoms with Crippen LogP contribution in [0.4, 0.5) is 17.2 Å². The third kappa shape index (κ3) is 4.20. The summed E-state index contributed by atoms with van der Waals surface area (Å²) in [6.07, 6.45) is 1.56. The van der Waals surface area contributed by atoms with E-state index in [2.05, 4.69) is 31.5 Å². The maximum Gasteiger partial charge on any atom is 0.257 e. The zero-order chi connectivity index (χ0) is 16.9. The summed E-state index contributed by atoms with van der Waals surface area (Å²) in [5, 5.41) is 6.05. The number of anilines is 3. The molecule has 4 nitrogen and oxygen atoms in total. The van der Waals surface area contributed by atoms with E-state index >= 15 is 0 Å². The van der Waals surface area contributed by atoms with E-state index in [0.29, 0.717) is 11.4 Å². The lowest BCUT2D eigenvalue weighted by Gasteiger charge is -2.08. The highest BCUT2D eigenvalue weighted by molar-refractivity contribution is 9.10. The summed E-state index contributed by atoms with van der Waals surface area (Å²) in [5.74, 6) is 0.500. The summed E-state index contributed by atoms with van der Waals surface area (Å²) in [6, 6.07) is 19.0. The molecule has 0 saturated heterocycles. The van der Waals surface area contributed by atoms with Crippen molar-refractivity contribution in [3.8, 4) is 0 Å². The molecule has 0 saturated carbocycles. The minimum absolute atomic E-state index is 0.180. The molecule has 0 radical (unpaired) electrons. The van der Waals surface area contributed by atoms with Crippen LogP contribution in [0, 0.1) is 6.92 Å². The van der Waals surface area contributed by atoms with Gasteiger partial charge in [-0.25, -0.2) is 4.98 Å². The molecule has 0 fully saturated rings. The summed E-state index contributed by atoms with van der Waals surface area (Å²) in [4.78, 5) is 16.5. The van der Waals surface area contributed by atoms with Gasteiger partial charge < -0.3 is 10.6 Å². The van der Waals surface area contributed by atoms with Gasteiger partial charge in [0.1, 0.15) is 5.82 Å². The first-order valence-electron chi connectivity index (χ1n) is 7.47. The quantitative estimate of drug-likeness (QED) is 0.656. The van der Waals surface area contributed by atoms with E-state index in [4.69, 9.17) is 0 Å². The van der Waals surface area contributed by atoms with Crippen LogP contribution in [0.5, 0.6) is 0 Å². The molecule has 0 unspecified atom stereocenters. The standard InChI is InChI=1S/C19H16BrN3O/c1-13-5-8-16(9-6-13)23-19(24)14-7-10-18(21-12-14)22-17-4-2-3-15(20)11-17/h2-12H,1H3,(H,21,22)(H,23,24). The summed E-state index contributed by atoms with van der Waals surface area (Å²) in [7, 11) is 0. The van der Waals surface area contributed by atoms with Gasteiger partial charge in [-0.2, -0.15) is 0 Å². The number of aromatic nitrogens is 1. The molecule has 2 N–H and O–H groups in total. The van der Waals surface area contributed by atoms with E-state index in [1.54, 1.807) is 18.3 Å². The SMILES string of the molecule is Cc1ccc(NC(=O)c2ccc(Nc3cccc(Br)c3)nc2)cc1. The molecule has 24 heavy (non-hydrogen) atoms. The Kier molecular flexibility index (Phi) is 4.91. The molecule has 120 valence electrons. The minimum atomic E-state index is -0.180. The number of amides is 1. The number of pyridine rings is 1. The van der Waals surface area contributed by atoms with Gasteiger partial charge in [0.15, 0.2) is 0 Å². The number of hydrogen-bond acceptors (Lipinski definition) is 3. The van der Waals surface area contributed by atoms with E-state index in [0.717, 1.165) is 21.4 Å². The molecule has 0 bridgehead atoms. The number of benzene rings is 2. The molecule has 1 amide bonds. The number of nitrogens with zero attached hydrogens (tertiary/aromatic N) is 1. The molecule has 2 aromatic carbocycles. The predicted octanol–water partition coefficient (Wildman–Crippen LogP) is 5.15. The van der Waals surface area contributed by atoms with Crippen molar-refractivity contribution in [3.63, 3.8) is 0 Å². The van der Waals surface area contributed by atoms with Crippen molar-refractivity contribution in [2.45, 2.75) is 6.92 Å². The van der Waals surface area contributed by atoms with E-state index < -0.39 is 0 Å². The summed E-state index contributed by atoms with van der Waals surface area (Å²) < 4.78 is 0.988. The molecule has 0 spiro atoms. The number of hydrogen-bond donors (Lipinski definition) is 2. The van der Waals surface area contributed by atoms with Crippen molar-refractivity contribution < 1.29 is 4.79 Å². The maximum atomic E-state index is 12.2. The smallest absolute Gasteiger partial charge is 0.257 e. The Hall–Kier alpha value is -2.66. The van der Waals surface area contributed by atoms with Crippen molar-refractivity contribution in [1.82, 2.24) is 4.98 Å². The second-order valence-corrected chi connectivity index (χ2v) is 6.30. The van der Waals surface area contributed by atoms with E-state index in [-0.39, 0.29) is 5.91 Å². The van der Waals surface area contributed by atoms with Gasteiger partial charge in [0.05, 0.1) is 5.56 Å². The predicted molar refractivity (Wildman–Crippen MR) is 101 cm³/mol. The van der Waals surface area contributed by atoms with Crippen LogP contribution in [-0.2, 0) is 0 Å². The molecule has 0 aliphatic carbocycles. The second-order valence-electron chi connectivity index (χ2n) is 5.39. The topological polar surface area (TPSA) is 54.0 Å². The zero-order valence-electron chi connectivity index (χ0n) is 13.1. The van der Waals surface area contributed by atoms with Gasteiger partial charge in [-0.15, -0.1) is 0 Å². The third-order valence-corrected chi connectivity index (χ3v) is 3.93. The molecule has 3 rings (SSSR count). The summed E-state index contributed by atoms with van der Waals surface area (Å²) >= 11 is 3.43. The van der Waals surface area contributed by atoms with Crippen molar-refractivity contribution >= 4 is 39.0 Å². The Balaban J connectivity index is 1.67. The Bertz CT molecular complexity index is 845. The lowest BCUT2D eigenvalue weighted by atomic mass is 10.2. The molecule has 0 atom stereocenters. The molecule has 5 heteroatoms. The third-order valence-electron chi connectivity index (χ3n) is 3.43. The van der Waals surface area contributed by atoms with Gasteiger partial charge in [-0.05, 0) is 49.4 Å². The summed E-state index contributed by atoms with van der Waals surface area (Å²) in [5.41, 5.74) is 3.35. The maximum absolute atomic E-state index is 12.2. The fourth-order valence-electron chi connectivity index (χ4n) is 2.16. The number of aryl methyl sites for hydroxylation is 1. The van der Waals surface area contributed by atoms with Gasteiger partial charge in [-0.3, -0.25) is 4.79 Å². The highest BCUT2D eigenvalue weighted by atomic mass is 79.9. The number of carbonyl (C=O) groups is 1. The van der Waals surface area contributed by atoms with E-state index in [1.807, 2.05) is 55.5 Å². The van der Waals surface area contributed by atoms with Crippen LogP contribution in [0.1, 0.15) is 15.9 Å². The highest BCUT2D eigenvalue weighted by Crippen LogP contribution is 2.19. The Morgan fingerprint density at radius 1 is 1.00 bits per heavy atom. The minimum Gasteiger partial charge on any atom is -0.340 e. The van der Waals surface area contributed by atoms with Crippen LogP contribution in [0.2, 0.25) is 0 Å². The van der Waals surface area contributed by atoms with E-state index in [1.165, 1.54) is 0 Å². The average molecular weight is 382 g/mol. The van der Waals surface area contributed by atoms with Crippen LogP contribution in [-0.4, -0.2) is 10.9 Å². The molecule has 0 aliphatic heterocycles. The first-order valence-corrected chi connectivity index (χ1v) is 8.26. The Morgan fingerprint density at radius 2 is 1.79 bits per heavy atom. The molecular weight excluding hydrogens is 366 g/mol. The van der Waals surface area contributed by atoms with Crippen molar-refractivity contribution in [3.05, 3.63) is 82.5 Å². The lowest BCUT2D eigenvalue weighted by Crippen LogP contribution is -2.12. The first-order chi connectivity index (χ1) is 11.6. The fraction of sp³-hybridized carbons (Fsp3) is 0.0526. The normalized spacial score (nSPS) is 10.2. The number of nitrogens with one attached hydrogen (secondary N) is 2. The number of rotatable bonds is 4. The molecule has 1 aromatic heterocycles. The van der Waals surface area contributed by atoms with Gasteiger partial charge in [0, 0.05) is 22.0 Å². The van der Waals surface area contributed by atoms with Gasteiger partial charge in [0.2, 0.25) is 0 Å². The highest BCUT2D eigenvalue weighted by Gasteiger charge is 2.07. The van der Waals surface area contributed by atoms with Crippen molar-refractivity contribution in [2.24, 2.45) is 0 Å². The molecule has 3 aromatic rings. The van der Waals surface area contributed by atoms with Crippen LogP contribution in [0.25, 0.3) is 0 Å². The molecule has 0 aliphatic rings. The Labute approximate surface area is 149 Å². The van der Waals surface area contributed by atoms with Crippen LogP contribution >= 0.6 is 15.9 Å². The number of halogens is 1. The van der Waals surface area contributed by atoms with E-state index in [9.17, 15) is 4.79 Å². The largest absolute Gasteiger partial charge is 0.340 e. The van der Waals surface area contributed by atoms with Crippen LogP contribution in [0.3, 0.4) is 0 Å². The second kappa shape index (κ2) is 7.27. The summed E-state index contributed by atoms with van der Waals surface area (Å²) in [6.45, 7) is 2.01. The van der Waals surface area contributed by atoms with Crippen LogP contribution < -0.4 is 10.6 Å². The fourth-order valence-corrected chi connectivity index (χ4v) is 2.56. The van der Waals surface area contributed by atoms with Crippen molar-refractivity contribution in [2.75, 3.05) is 10.6 Å². The molecular formula is C19H16BrN3O. The monoisotopic (exact) mass is 381 g/mol. The lowest BCUT2D eigenvalue weighted by molar-refractivity contribution is 0.102. The first kappa shape index (κ1) is 16.2. The zero-order valence-corrected chi connectivity index (χ0v) is 14.7. The number of carbonyl (C=O) groups excluding carboxylic acids is 1.